The van der Waals surface area contributed by atoms with Crippen molar-refractivity contribution < 1.29 is 9.90 Å². The summed E-state index contributed by atoms with van der Waals surface area (Å²) in [5, 5.41) is 13.2. The van der Waals surface area contributed by atoms with E-state index in [9.17, 15) is 4.79 Å². The van der Waals surface area contributed by atoms with E-state index >= 15 is 0 Å². The minimum Gasteiger partial charge on any atom is -0.481 e. The van der Waals surface area contributed by atoms with Crippen molar-refractivity contribution in [2.24, 2.45) is 0 Å². The van der Waals surface area contributed by atoms with E-state index in [0.29, 0.717) is 0 Å². The number of halogens is 1. The van der Waals surface area contributed by atoms with Crippen molar-refractivity contribution in [1.29, 1.82) is 0 Å². The molecule has 2 rings (SSSR count). The molecule has 1 fully saturated rings. The standard InChI is InChI=1S/C17H24ClNO2/c18-15-9-7-14(8-10-15)17(11-3-1-4-12-17)19-13-5-2-6-16(20)21/h7-10,19H,1-6,11-13H2,(H,20,21). The molecule has 0 aliphatic heterocycles. The largest absolute Gasteiger partial charge is 0.481 e. The van der Waals surface area contributed by atoms with Crippen LogP contribution in [0.4, 0.5) is 0 Å². The van der Waals surface area contributed by atoms with Crippen LogP contribution in [0.5, 0.6) is 0 Å². The Morgan fingerprint density at radius 1 is 1.14 bits per heavy atom. The molecular formula is C17H24ClNO2. The predicted molar refractivity (Wildman–Crippen MR) is 85.7 cm³/mol. The van der Waals surface area contributed by atoms with Crippen LogP contribution >= 0.6 is 11.6 Å². The molecule has 0 unspecified atom stereocenters. The van der Waals surface area contributed by atoms with Gasteiger partial charge in [0.1, 0.15) is 0 Å². The number of carboxylic acids is 1. The van der Waals surface area contributed by atoms with Crippen LogP contribution in [-0.2, 0) is 10.3 Å². The number of hydrogen-bond acceptors (Lipinski definition) is 2. The molecule has 1 aliphatic carbocycles. The molecule has 0 bridgehead atoms. The Labute approximate surface area is 131 Å². The molecule has 1 aromatic rings. The Balaban J connectivity index is 1.96. The Morgan fingerprint density at radius 2 is 1.81 bits per heavy atom. The summed E-state index contributed by atoms with van der Waals surface area (Å²) < 4.78 is 0. The van der Waals surface area contributed by atoms with Crippen LogP contribution in [0.3, 0.4) is 0 Å². The van der Waals surface area contributed by atoms with E-state index in [0.717, 1.165) is 37.3 Å². The van der Waals surface area contributed by atoms with Gasteiger partial charge in [-0.05, 0) is 49.9 Å². The fraction of sp³-hybridized carbons (Fsp3) is 0.588. The van der Waals surface area contributed by atoms with Gasteiger partial charge >= 0.3 is 5.97 Å². The molecular weight excluding hydrogens is 286 g/mol. The lowest BCUT2D eigenvalue weighted by atomic mass is 9.76. The Morgan fingerprint density at radius 3 is 2.43 bits per heavy atom. The minimum atomic E-state index is -0.708. The lowest BCUT2D eigenvalue weighted by molar-refractivity contribution is -0.137. The molecule has 1 saturated carbocycles. The molecule has 0 spiro atoms. The van der Waals surface area contributed by atoms with Crippen LogP contribution in [-0.4, -0.2) is 17.6 Å². The van der Waals surface area contributed by atoms with E-state index in [-0.39, 0.29) is 12.0 Å². The molecule has 0 saturated heterocycles. The van der Waals surface area contributed by atoms with Crippen LogP contribution < -0.4 is 5.32 Å². The summed E-state index contributed by atoms with van der Waals surface area (Å²) in [6, 6.07) is 8.16. The van der Waals surface area contributed by atoms with Gasteiger partial charge in [0.2, 0.25) is 0 Å². The molecule has 0 radical (unpaired) electrons. The third kappa shape index (κ3) is 4.72. The van der Waals surface area contributed by atoms with Gasteiger partial charge in [-0.25, -0.2) is 0 Å². The van der Waals surface area contributed by atoms with E-state index in [2.05, 4.69) is 17.4 Å². The Bertz CT molecular complexity index is 452. The first kappa shape index (κ1) is 16.3. The smallest absolute Gasteiger partial charge is 0.303 e. The van der Waals surface area contributed by atoms with Gasteiger partial charge in [-0.1, -0.05) is 43.0 Å². The number of rotatable bonds is 7. The highest BCUT2D eigenvalue weighted by atomic mass is 35.5. The fourth-order valence-corrected chi connectivity index (χ4v) is 3.35. The summed E-state index contributed by atoms with van der Waals surface area (Å²) in [5.74, 6) is -0.708. The van der Waals surface area contributed by atoms with Gasteiger partial charge in [0.15, 0.2) is 0 Å². The van der Waals surface area contributed by atoms with E-state index in [1.165, 1.54) is 24.8 Å². The highest BCUT2D eigenvalue weighted by molar-refractivity contribution is 6.30. The molecule has 0 aromatic heterocycles. The number of carbonyl (C=O) groups is 1. The maximum absolute atomic E-state index is 10.5. The van der Waals surface area contributed by atoms with Crippen molar-refractivity contribution in [3.05, 3.63) is 34.9 Å². The quantitative estimate of drug-likeness (QED) is 0.736. The second-order valence-electron chi connectivity index (χ2n) is 5.93. The van der Waals surface area contributed by atoms with E-state index in [4.69, 9.17) is 16.7 Å². The van der Waals surface area contributed by atoms with Crippen LogP contribution in [0.25, 0.3) is 0 Å². The average Bonchev–Trinajstić information content (AvgIpc) is 2.48. The first-order valence-electron chi connectivity index (χ1n) is 7.85. The molecule has 1 aromatic carbocycles. The number of nitrogens with one attached hydrogen (secondary N) is 1. The van der Waals surface area contributed by atoms with Crippen molar-refractivity contribution >= 4 is 17.6 Å². The summed E-state index contributed by atoms with van der Waals surface area (Å²) in [7, 11) is 0. The Hall–Kier alpha value is -1.06. The topological polar surface area (TPSA) is 49.3 Å². The maximum Gasteiger partial charge on any atom is 0.303 e. The number of aliphatic carboxylic acids is 1. The SMILES string of the molecule is O=C(O)CCCCNC1(c2ccc(Cl)cc2)CCCCC1. The lowest BCUT2D eigenvalue weighted by Gasteiger charge is -2.39. The number of unbranched alkanes of at least 4 members (excludes halogenated alkanes) is 1. The summed E-state index contributed by atoms with van der Waals surface area (Å²) in [6.07, 6.45) is 7.98. The second-order valence-corrected chi connectivity index (χ2v) is 6.36. The molecule has 2 N–H and O–H groups in total. The van der Waals surface area contributed by atoms with Gasteiger partial charge in [-0.3, -0.25) is 4.79 Å². The number of hydrogen-bond donors (Lipinski definition) is 2. The second kappa shape index (κ2) is 7.81. The van der Waals surface area contributed by atoms with Crippen molar-refractivity contribution in [2.75, 3.05) is 6.54 Å². The Kier molecular flexibility index (Phi) is 6.07. The third-order valence-electron chi connectivity index (χ3n) is 4.38. The molecule has 21 heavy (non-hydrogen) atoms. The summed E-state index contributed by atoms with van der Waals surface area (Å²) in [5.41, 5.74) is 1.36. The fourth-order valence-electron chi connectivity index (χ4n) is 3.22. The monoisotopic (exact) mass is 309 g/mol. The first-order chi connectivity index (χ1) is 10.1. The molecule has 1 aliphatic rings. The average molecular weight is 310 g/mol. The van der Waals surface area contributed by atoms with Gasteiger partial charge in [-0.2, -0.15) is 0 Å². The number of carboxylic acid groups (broad SMARTS) is 1. The minimum absolute atomic E-state index is 0.0477. The van der Waals surface area contributed by atoms with Gasteiger partial charge in [0.25, 0.3) is 0 Å². The van der Waals surface area contributed by atoms with E-state index < -0.39 is 5.97 Å². The summed E-state index contributed by atoms with van der Waals surface area (Å²) in [4.78, 5) is 10.5. The van der Waals surface area contributed by atoms with Gasteiger partial charge in [-0.15, -0.1) is 0 Å². The normalized spacial score (nSPS) is 17.6. The third-order valence-corrected chi connectivity index (χ3v) is 4.64. The first-order valence-corrected chi connectivity index (χ1v) is 8.23. The van der Waals surface area contributed by atoms with Gasteiger partial charge in [0.05, 0.1) is 0 Å². The summed E-state index contributed by atoms with van der Waals surface area (Å²) in [6.45, 7) is 0.871. The van der Waals surface area contributed by atoms with Crippen LogP contribution in [0.1, 0.15) is 56.9 Å². The maximum atomic E-state index is 10.5. The zero-order valence-corrected chi connectivity index (χ0v) is 13.2. The molecule has 3 nitrogen and oxygen atoms in total. The predicted octanol–water partition coefficient (Wildman–Crippen LogP) is 4.34. The molecule has 0 atom stereocenters. The van der Waals surface area contributed by atoms with E-state index in [1.807, 2.05) is 12.1 Å². The van der Waals surface area contributed by atoms with Crippen molar-refractivity contribution in [2.45, 2.75) is 56.9 Å². The van der Waals surface area contributed by atoms with Crippen LogP contribution in [0, 0.1) is 0 Å². The van der Waals surface area contributed by atoms with Crippen LogP contribution in [0.15, 0.2) is 24.3 Å². The zero-order valence-electron chi connectivity index (χ0n) is 12.4. The molecule has 0 heterocycles. The highest BCUT2D eigenvalue weighted by Gasteiger charge is 2.32. The summed E-state index contributed by atoms with van der Waals surface area (Å²) >= 11 is 6.00. The molecule has 4 heteroatoms. The zero-order chi connectivity index (χ0) is 15.1. The van der Waals surface area contributed by atoms with Gasteiger partial charge in [0, 0.05) is 17.0 Å². The molecule has 0 amide bonds. The van der Waals surface area contributed by atoms with Crippen LogP contribution in [0.2, 0.25) is 5.02 Å². The highest BCUT2D eigenvalue weighted by Crippen LogP contribution is 2.37. The number of benzene rings is 1. The van der Waals surface area contributed by atoms with Crippen molar-refractivity contribution in [3.63, 3.8) is 0 Å². The lowest BCUT2D eigenvalue weighted by Crippen LogP contribution is -2.44. The van der Waals surface area contributed by atoms with Gasteiger partial charge < -0.3 is 10.4 Å². The van der Waals surface area contributed by atoms with Crippen molar-refractivity contribution in [1.82, 2.24) is 5.32 Å². The molecule has 116 valence electrons. The van der Waals surface area contributed by atoms with Crippen molar-refractivity contribution in [3.8, 4) is 0 Å². The van der Waals surface area contributed by atoms with E-state index in [1.54, 1.807) is 0 Å².